The number of aromatic nitrogens is 5. The first kappa shape index (κ1) is 19.2. The van der Waals surface area contributed by atoms with Crippen molar-refractivity contribution in [1.82, 2.24) is 24.4 Å². The van der Waals surface area contributed by atoms with Crippen molar-refractivity contribution in [1.29, 1.82) is 0 Å². The van der Waals surface area contributed by atoms with Gasteiger partial charge in [-0.05, 0) is 48.2 Å². The molecule has 0 atom stereocenters. The fourth-order valence-corrected chi connectivity index (χ4v) is 4.03. The van der Waals surface area contributed by atoms with E-state index in [1.807, 2.05) is 4.90 Å². The molecule has 0 fully saturated rings. The van der Waals surface area contributed by atoms with Gasteiger partial charge >= 0.3 is 5.97 Å². The van der Waals surface area contributed by atoms with E-state index in [0.29, 0.717) is 34.8 Å². The number of alkyl halides is 2. The van der Waals surface area contributed by atoms with Crippen LogP contribution in [0.2, 0.25) is 0 Å². The average molecular weight is 424 g/mol. The lowest BCUT2D eigenvalue weighted by Gasteiger charge is -2.31. The highest BCUT2D eigenvalue weighted by Gasteiger charge is 2.26. The van der Waals surface area contributed by atoms with Gasteiger partial charge in [0.2, 0.25) is 0 Å². The third-order valence-electron chi connectivity index (χ3n) is 5.46. The number of carboxylic acid groups (broad SMARTS) is 1. The van der Waals surface area contributed by atoms with E-state index in [0.717, 1.165) is 18.4 Å². The average Bonchev–Trinajstić information content (AvgIpc) is 3.38. The zero-order chi connectivity index (χ0) is 21.7. The Morgan fingerprint density at radius 1 is 1.23 bits per heavy atom. The molecule has 0 amide bonds. The van der Waals surface area contributed by atoms with Crippen molar-refractivity contribution in [2.24, 2.45) is 7.05 Å². The first-order valence-electron chi connectivity index (χ1n) is 9.72. The number of imidazole rings is 1. The number of nitrogens with zero attached hydrogens (tertiary/aromatic N) is 6. The maximum Gasteiger partial charge on any atom is 0.356 e. The number of hydrogen-bond donors (Lipinski definition) is 1. The van der Waals surface area contributed by atoms with Crippen molar-refractivity contribution in [3.8, 4) is 11.1 Å². The number of aryl methyl sites for hydroxylation is 2. The summed E-state index contributed by atoms with van der Waals surface area (Å²) in [6.07, 6.45) is 3.44. The molecule has 0 spiro atoms. The standard InChI is InChI=1S/C21H18F2N6O2/c1-27-11-13(9-25-27)14-7-12-3-2-6-28(16(12)8-15(14)20(22)23)19-5-4-18-24-10-17(21(30)31)29(18)26-19/h4-5,7-11,20H,2-3,6H2,1H3,(H,30,31). The summed E-state index contributed by atoms with van der Waals surface area (Å²) < 4.78 is 30.8. The van der Waals surface area contributed by atoms with Gasteiger partial charge in [-0.15, -0.1) is 5.10 Å². The Morgan fingerprint density at radius 3 is 2.77 bits per heavy atom. The number of hydrogen-bond acceptors (Lipinski definition) is 5. The monoisotopic (exact) mass is 424 g/mol. The van der Waals surface area contributed by atoms with Gasteiger partial charge in [-0.2, -0.15) is 5.10 Å². The molecule has 5 rings (SSSR count). The van der Waals surface area contributed by atoms with Gasteiger partial charge in [-0.3, -0.25) is 4.68 Å². The molecule has 4 heterocycles. The van der Waals surface area contributed by atoms with Crippen molar-refractivity contribution >= 4 is 23.1 Å². The van der Waals surface area contributed by atoms with E-state index in [1.165, 1.54) is 16.8 Å². The van der Waals surface area contributed by atoms with Crippen molar-refractivity contribution in [3.05, 3.63) is 59.7 Å². The Bertz CT molecular complexity index is 1310. The van der Waals surface area contributed by atoms with Crippen LogP contribution in [-0.4, -0.2) is 42.0 Å². The topological polar surface area (TPSA) is 88.5 Å². The second-order valence-electron chi connectivity index (χ2n) is 7.44. The SMILES string of the molecule is Cn1cc(-c2cc3c(cc2C(F)F)N(c2ccc4ncc(C(=O)O)n4n2)CCC3)cn1. The molecule has 10 heteroatoms. The predicted octanol–water partition coefficient (Wildman–Crippen LogP) is 3.85. The number of carboxylic acids is 1. The number of benzene rings is 1. The van der Waals surface area contributed by atoms with Gasteiger partial charge in [-0.25, -0.2) is 23.1 Å². The third-order valence-corrected chi connectivity index (χ3v) is 5.46. The lowest BCUT2D eigenvalue weighted by molar-refractivity contribution is 0.0688. The van der Waals surface area contributed by atoms with E-state index < -0.39 is 12.4 Å². The van der Waals surface area contributed by atoms with Crippen molar-refractivity contribution in [2.75, 3.05) is 11.4 Å². The maximum atomic E-state index is 14.0. The number of rotatable bonds is 4. The molecule has 31 heavy (non-hydrogen) atoms. The fraction of sp³-hybridized carbons (Fsp3) is 0.238. The van der Waals surface area contributed by atoms with Crippen LogP contribution in [0.4, 0.5) is 20.3 Å². The molecule has 0 aliphatic carbocycles. The molecule has 4 aromatic rings. The van der Waals surface area contributed by atoms with E-state index in [-0.39, 0.29) is 11.3 Å². The van der Waals surface area contributed by atoms with Crippen molar-refractivity contribution < 1.29 is 18.7 Å². The van der Waals surface area contributed by atoms with Crippen molar-refractivity contribution in [3.63, 3.8) is 0 Å². The summed E-state index contributed by atoms with van der Waals surface area (Å²) in [5.74, 6) is -0.666. The second-order valence-corrected chi connectivity index (χ2v) is 7.44. The first-order valence-corrected chi connectivity index (χ1v) is 9.72. The molecule has 158 valence electrons. The molecular weight excluding hydrogens is 406 g/mol. The Kier molecular flexibility index (Phi) is 4.42. The number of carbonyl (C=O) groups is 1. The number of fused-ring (bicyclic) bond motifs is 2. The van der Waals surface area contributed by atoms with E-state index in [9.17, 15) is 18.7 Å². The Morgan fingerprint density at radius 2 is 2.06 bits per heavy atom. The van der Waals surface area contributed by atoms with Gasteiger partial charge in [0.1, 0.15) is 0 Å². The molecule has 0 unspecified atom stereocenters. The van der Waals surface area contributed by atoms with E-state index in [1.54, 1.807) is 42.3 Å². The molecular formula is C21H18F2N6O2. The normalized spacial score (nSPS) is 13.7. The zero-order valence-electron chi connectivity index (χ0n) is 16.5. The molecule has 1 aliphatic heterocycles. The summed E-state index contributed by atoms with van der Waals surface area (Å²) in [6, 6.07) is 6.71. The summed E-state index contributed by atoms with van der Waals surface area (Å²) in [4.78, 5) is 17.3. The number of aromatic carboxylic acids is 1. The van der Waals surface area contributed by atoms with E-state index in [4.69, 9.17) is 0 Å². The minimum atomic E-state index is -2.66. The molecule has 1 aliphatic rings. The lowest BCUT2D eigenvalue weighted by Crippen LogP contribution is -2.26. The highest BCUT2D eigenvalue weighted by Crippen LogP contribution is 2.40. The molecule has 1 N–H and O–H groups in total. The lowest BCUT2D eigenvalue weighted by atomic mass is 9.93. The molecule has 8 nitrogen and oxygen atoms in total. The molecule has 3 aromatic heterocycles. The number of halogens is 2. The molecule has 1 aromatic carbocycles. The fourth-order valence-electron chi connectivity index (χ4n) is 4.03. The van der Waals surface area contributed by atoms with Crippen LogP contribution in [0.5, 0.6) is 0 Å². The molecule has 0 saturated heterocycles. The van der Waals surface area contributed by atoms with Gasteiger partial charge < -0.3 is 10.0 Å². The Labute approximate surface area is 175 Å². The third kappa shape index (κ3) is 3.20. The minimum Gasteiger partial charge on any atom is -0.476 e. The van der Waals surface area contributed by atoms with Gasteiger partial charge in [0.05, 0.1) is 12.4 Å². The van der Waals surface area contributed by atoms with Gasteiger partial charge in [0.25, 0.3) is 6.43 Å². The van der Waals surface area contributed by atoms with Gasteiger partial charge in [-0.1, -0.05) is 0 Å². The van der Waals surface area contributed by atoms with Crippen LogP contribution in [0.15, 0.2) is 42.9 Å². The summed E-state index contributed by atoms with van der Waals surface area (Å²) in [6.45, 7) is 0.581. The van der Waals surface area contributed by atoms with Crippen LogP contribution < -0.4 is 4.90 Å². The van der Waals surface area contributed by atoms with Crippen LogP contribution in [0.25, 0.3) is 16.8 Å². The first-order chi connectivity index (χ1) is 14.9. The Hall–Kier alpha value is -3.82. The number of anilines is 2. The van der Waals surface area contributed by atoms with Crippen LogP contribution in [-0.2, 0) is 13.5 Å². The van der Waals surface area contributed by atoms with Gasteiger partial charge in [0.15, 0.2) is 17.2 Å². The minimum absolute atomic E-state index is 0.0609. The second kappa shape index (κ2) is 7.15. The van der Waals surface area contributed by atoms with Crippen LogP contribution >= 0.6 is 0 Å². The van der Waals surface area contributed by atoms with Crippen molar-refractivity contribution in [2.45, 2.75) is 19.3 Å². The van der Waals surface area contributed by atoms with Crippen LogP contribution in [0.1, 0.15) is 34.5 Å². The van der Waals surface area contributed by atoms with Crippen LogP contribution in [0.3, 0.4) is 0 Å². The summed E-state index contributed by atoms with van der Waals surface area (Å²) in [5.41, 5.74) is 2.96. The largest absolute Gasteiger partial charge is 0.476 e. The Balaban J connectivity index is 1.65. The summed E-state index contributed by atoms with van der Waals surface area (Å²) in [7, 11) is 1.75. The predicted molar refractivity (Wildman–Crippen MR) is 109 cm³/mol. The highest BCUT2D eigenvalue weighted by molar-refractivity contribution is 5.86. The van der Waals surface area contributed by atoms with Gasteiger partial charge in [0, 0.05) is 36.6 Å². The van der Waals surface area contributed by atoms with E-state index in [2.05, 4.69) is 15.2 Å². The molecule has 0 bridgehead atoms. The summed E-state index contributed by atoms with van der Waals surface area (Å²) in [5, 5.41) is 17.9. The highest BCUT2D eigenvalue weighted by atomic mass is 19.3. The molecule has 0 saturated carbocycles. The zero-order valence-corrected chi connectivity index (χ0v) is 16.5. The smallest absolute Gasteiger partial charge is 0.356 e. The maximum absolute atomic E-state index is 14.0. The summed E-state index contributed by atoms with van der Waals surface area (Å²) >= 11 is 0. The quantitative estimate of drug-likeness (QED) is 0.535. The van der Waals surface area contributed by atoms with Crippen LogP contribution in [0, 0.1) is 0 Å². The molecule has 0 radical (unpaired) electrons. The van der Waals surface area contributed by atoms with E-state index >= 15 is 0 Å².